The molecule has 20 heavy (non-hydrogen) atoms. The van der Waals surface area contributed by atoms with E-state index in [-0.39, 0.29) is 17.9 Å². The first-order chi connectivity index (χ1) is 9.75. The molecule has 2 aliphatic heterocycles. The van der Waals surface area contributed by atoms with Crippen molar-refractivity contribution in [3.05, 3.63) is 35.9 Å². The summed E-state index contributed by atoms with van der Waals surface area (Å²) in [5.74, 6) is 0.229. The van der Waals surface area contributed by atoms with Gasteiger partial charge in [0, 0.05) is 32.3 Å². The third-order valence-electron chi connectivity index (χ3n) is 4.22. The van der Waals surface area contributed by atoms with E-state index in [9.17, 15) is 4.79 Å². The van der Waals surface area contributed by atoms with Gasteiger partial charge in [0.2, 0.25) is 5.91 Å². The Morgan fingerprint density at radius 2 is 2.15 bits per heavy atom. The fourth-order valence-corrected chi connectivity index (χ4v) is 3.18. The maximum atomic E-state index is 12.7. The molecule has 0 saturated carbocycles. The van der Waals surface area contributed by atoms with Crippen LogP contribution in [0.2, 0.25) is 0 Å². The Kier molecular flexibility index (Phi) is 4.03. The second kappa shape index (κ2) is 5.94. The number of ether oxygens (including phenoxy) is 1. The van der Waals surface area contributed by atoms with Crippen LogP contribution < -0.4 is 5.32 Å². The average molecular weight is 274 g/mol. The molecule has 0 aromatic heterocycles. The van der Waals surface area contributed by atoms with Crippen LogP contribution in [-0.2, 0) is 9.53 Å². The van der Waals surface area contributed by atoms with Gasteiger partial charge in [-0.05, 0) is 18.9 Å². The van der Waals surface area contributed by atoms with E-state index in [2.05, 4.69) is 24.4 Å². The van der Waals surface area contributed by atoms with Crippen LogP contribution in [0.25, 0.3) is 0 Å². The molecule has 0 aliphatic carbocycles. The van der Waals surface area contributed by atoms with Crippen molar-refractivity contribution < 1.29 is 9.53 Å². The van der Waals surface area contributed by atoms with Crippen molar-refractivity contribution in [2.75, 3.05) is 26.2 Å². The largest absolute Gasteiger partial charge is 0.373 e. The summed E-state index contributed by atoms with van der Waals surface area (Å²) < 4.78 is 5.83. The maximum Gasteiger partial charge on any atom is 0.228 e. The quantitative estimate of drug-likeness (QED) is 0.890. The molecule has 1 N–H and O–H groups in total. The monoisotopic (exact) mass is 274 g/mol. The van der Waals surface area contributed by atoms with Gasteiger partial charge in [-0.15, -0.1) is 0 Å². The van der Waals surface area contributed by atoms with Crippen molar-refractivity contribution in [3.8, 4) is 0 Å². The topological polar surface area (TPSA) is 41.6 Å². The highest BCUT2D eigenvalue weighted by molar-refractivity contribution is 5.80. The van der Waals surface area contributed by atoms with Crippen LogP contribution in [0, 0.1) is 5.92 Å². The smallest absolute Gasteiger partial charge is 0.228 e. The molecule has 0 unspecified atom stereocenters. The summed E-state index contributed by atoms with van der Waals surface area (Å²) >= 11 is 0. The number of benzene rings is 1. The zero-order chi connectivity index (χ0) is 13.9. The third-order valence-corrected chi connectivity index (χ3v) is 4.22. The molecule has 0 spiro atoms. The van der Waals surface area contributed by atoms with Crippen LogP contribution in [0.5, 0.6) is 0 Å². The van der Waals surface area contributed by atoms with Gasteiger partial charge in [0.1, 0.15) is 0 Å². The Balaban J connectivity index is 1.73. The predicted octanol–water partition coefficient (Wildman–Crippen LogP) is 1.58. The van der Waals surface area contributed by atoms with E-state index in [1.165, 1.54) is 0 Å². The fourth-order valence-electron chi connectivity index (χ4n) is 3.18. The van der Waals surface area contributed by atoms with Crippen molar-refractivity contribution in [1.29, 1.82) is 0 Å². The van der Waals surface area contributed by atoms with E-state index >= 15 is 0 Å². The number of amides is 1. The fraction of sp³-hybridized carbons (Fsp3) is 0.562. The lowest BCUT2D eigenvalue weighted by molar-refractivity contribution is -0.138. The van der Waals surface area contributed by atoms with Gasteiger partial charge in [-0.3, -0.25) is 4.79 Å². The summed E-state index contributed by atoms with van der Waals surface area (Å²) in [6, 6.07) is 10.5. The summed E-state index contributed by atoms with van der Waals surface area (Å²) in [5.41, 5.74) is 1.12. The molecule has 0 radical (unpaired) electrons. The van der Waals surface area contributed by atoms with Crippen LogP contribution in [-0.4, -0.2) is 43.1 Å². The molecule has 2 aliphatic rings. The van der Waals surface area contributed by atoms with E-state index in [4.69, 9.17) is 4.74 Å². The number of carbonyl (C=O) groups is 1. The van der Waals surface area contributed by atoms with Gasteiger partial charge < -0.3 is 15.0 Å². The molecule has 4 heteroatoms. The second-order valence-corrected chi connectivity index (χ2v) is 5.74. The molecular formula is C16H22N2O2. The first kappa shape index (κ1) is 13.6. The number of hydrogen-bond acceptors (Lipinski definition) is 3. The Bertz CT molecular complexity index is 463. The van der Waals surface area contributed by atoms with Crippen molar-refractivity contribution in [2.24, 2.45) is 5.92 Å². The maximum absolute atomic E-state index is 12.7. The molecule has 2 fully saturated rings. The minimum Gasteiger partial charge on any atom is -0.373 e. The summed E-state index contributed by atoms with van der Waals surface area (Å²) in [5, 5.41) is 3.38. The van der Waals surface area contributed by atoms with Crippen molar-refractivity contribution >= 4 is 5.91 Å². The lowest BCUT2D eigenvalue weighted by atomic mass is 9.93. The van der Waals surface area contributed by atoms with Gasteiger partial charge in [-0.1, -0.05) is 30.3 Å². The molecule has 108 valence electrons. The second-order valence-electron chi connectivity index (χ2n) is 5.74. The molecule has 2 saturated heterocycles. The number of carbonyl (C=O) groups excluding carboxylic acids is 1. The van der Waals surface area contributed by atoms with Gasteiger partial charge in [-0.25, -0.2) is 0 Å². The van der Waals surface area contributed by atoms with E-state index < -0.39 is 0 Å². The van der Waals surface area contributed by atoms with Crippen LogP contribution in [0.4, 0.5) is 0 Å². The number of rotatable bonds is 2. The summed E-state index contributed by atoms with van der Waals surface area (Å²) in [7, 11) is 0. The van der Waals surface area contributed by atoms with Crippen molar-refractivity contribution in [1.82, 2.24) is 10.2 Å². The normalized spacial score (nSPS) is 30.4. The van der Waals surface area contributed by atoms with Crippen LogP contribution in [0.3, 0.4) is 0 Å². The van der Waals surface area contributed by atoms with Crippen LogP contribution in [0.15, 0.2) is 30.3 Å². The Morgan fingerprint density at radius 3 is 2.90 bits per heavy atom. The Hall–Kier alpha value is -1.39. The highest BCUT2D eigenvalue weighted by Crippen LogP contribution is 2.35. The summed E-state index contributed by atoms with van der Waals surface area (Å²) in [6.07, 6.45) is 0.755. The van der Waals surface area contributed by atoms with E-state index in [0.717, 1.165) is 31.6 Å². The van der Waals surface area contributed by atoms with Gasteiger partial charge >= 0.3 is 0 Å². The summed E-state index contributed by atoms with van der Waals surface area (Å²) in [4.78, 5) is 14.7. The van der Waals surface area contributed by atoms with Crippen molar-refractivity contribution in [2.45, 2.75) is 25.5 Å². The molecule has 1 aromatic rings. The third kappa shape index (κ3) is 2.72. The van der Waals surface area contributed by atoms with Crippen LogP contribution in [0.1, 0.15) is 25.0 Å². The van der Waals surface area contributed by atoms with Gasteiger partial charge in [0.05, 0.1) is 12.0 Å². The molecule has 1 aromatic carbocycles. The average Bonchev–Trinajstić information content (AvgIpc) is 2.97. The molecule has 3 rings (SSSR count). The van der Waals surface area contributed by atoms with Gasteiger partial charge in [0.15, 0.2) is 0 Å². The molecule has 0 bridgehead atoms. The predicted molar refractivity (Wildman–Crippen MR) is 77.3 cm³/mol. The SMILES string of the molecule is C[C@@H]1CN(C(=O)[C@@H]2CCO[C@H]2c2ccccc2)CCN1. The highest BCUT2D eigenvalue weighted by atomic mass is 16.5. The molecule has 1 amide bonds. The molecular weight excluding hydrogens is 252 g/mol. The molecule has 4 nitrogen and oxygen atoms in total. The standard InChI is InChI=1S/C16H22N2O2/c1-12-11-18(9-8-17-12)16(19)14-7-10-20-15(14)13-5-3-2-4-6-13/h2-6,12,14-15,17H,7-11H2,1H3/t12-,14-,15+/m1/s1. The lowest BCUT2D eigenvalue weighted by Gasteiger charge is -2.34. The highest BCUT2D eigenvalue weighted by Gasteiger charge is 2.38. The number of nitrogens with one attached hydrogen (secondary N) is 1. The number of piperazine rings is 1. The molecule has 2 heterocycles. The van der Waals surface area contributed by atoms with Gasteiger partial charge in [-0.2, -0.15) is 0 Å². The zero-order valence-corrected chi connectivity index (χ0v) is 11.9. The minimum absolute atomic E-state index is 0.0253. The van der Waals surface area contributed by atoms with E-state index in [1.54, 1.807) is 0 Å². The van der Waals surface area contributed by atoms with Crippen molar-refractivity contribution in [3.63, 3.8) is 0 Å². The lowest BCUT2D eigenvalue weighted by Crippen LogP contribution is -2.53. The number of hydrogen-bond donors (Lipinski definition) is 1. The first-order valence-electron chi connectivity index (χ1n) is 7.44. The van der Waals surface area contributed by atoms with Crippen LogP contribution >= 0.6 is 0 Å². The Morgan fingerprint density at radius 1 is 1.35 bits per heavy atom. The number of nitrogens with zero attached hydrogens (tertiary/aromatic N) is 1. The van der Waals surface area contributed by atoms with Gasteiger partial charge in [0.25, 0.3) is 0 Å². The first-order valence-corrected chi connectivity index (χ1v) is 7.44. The molecule has 3 atom stereocenters. The minimum atomic E-state index is -0.0751. The van der Waals surface area contributed by atoms with E-state index in [0.29, 0.717) is 12.6 Å². The Labute approximate surface area is 120 Å². The zero-order valence-electron chi connectivity index (χ0n) is 11.9. The van der Waals surface area contributed by atoms with E-state index in [1.807, 2.05) is 23.1 Å². The summed E-state index contributed by atoms with van der Waals surface area (Å²) in [6.45, 7) is 5.30.